The van der Waals surface area contributed by atoms with E-state index in [2.05, 4.69) is 16.0 Å². The van der Waals surface area contributed by atoms with Crippen molar-refractivity contribution in [1.29, 1.82) is 0 Å². The molecular formula is C15H20ClN3O3. The third-order valence-corrected chi connectivity index (χ3v) is 3.81. The number of nitrogens with one attached hydrogen (secondary N) is 3. The third-order valence-electron chi connectivity index (χ3n) is 3.58. The Labute approximate surface area is 134 Å². The molecule has 1 saturated carbocycles. The summed E-state index contributed by atoms with van der Waals surface area (Å²) in [5.41, 5.74) is 0.487. The van der Waals surface area contributed by atoms with Crippen molar-refractivity contribution in [1.82, 2.24) is 10.6 Å². The van der Waals surface area contributed by atoms with Gasteiger partial charge in [0.15, 0.2) is 0 Å². The highest BCUT2D eigenvalue weighted by molar-refractivity contribution is 6.31. The van der Waals surface area contributed by atoms with Crippen LogP contribution in [0.1, 0.15) is 19.3 Å². The van der Waals surface area contributed by atoms with Crippen LogP contribution in [0.25, 0.3) is 0 Å². The largest absolute Gasteiger partial charge is 0.491 e. The first-order valence-electron chi connectivity index (χ1n) is 7.26. The van der Waals surface area contributed by atoms with E-state index in [0.29, 0.717) is 29.0 Å². The molecule has 0 unspecified atom stereocenters. The lowest BCUT2D eigenvalue weighted by Crippen LogP contribution is -2.37. The number of likely N-dealkylation sites (N-methyl/N-ethyl adjacent to an activating group) is 1. The van der Waals surface area contributed by atoms with Gasteiger partial charge in [-0.05, 0) is 37.0 Å². The summed E-state index contributed by atoms with van der Waals surface area (Å²) in [5, 5.41) is 8.03. The van der Waals surface area contributed by atoms with Gasteiger partial charge in [-0.25, -0.2) is 4.79 Å². The number of carbonyl (C=O) groups is 2. The molecule has 0 aliphatic heterocycles. The molecule has 7 heteroatoms. The minimum atomic E-state index is -0.487. The summed E-state index contributed by atoms with van der Waals surface area (Å²) in [7, 11) is 1.51. The molecule has 2 rings (SSSR count). The summed E-state index contributed by atoms with van der Waals surface area (Å²) in [6.45, 7) is 0.539. The lowest BCUT2D eigenvalue weighted by atomic mass is 9.86. The second-order valence-corrected chi connectivity index (χ2v) is 5.67. The molecule has 120 valence electrons. The van der Waals surface area contributed by atoms with Gasteiger partial charge in [0.25, 0.3) is 0 Å². The number of carbonyl (C=O) groups excluding carboxylic acids is 2. The topological polar surface area (TPSA) is 79.5 Å². The number of hydrogen-bond acceptors (Lipinski definition) is 3. The van der Waals surface area contributed by atoms with Crippen molar-refractivity contribution in [2.24, 2.45) is 5.92 Å². The van der Waals surface area contributed by atoms with E-state index in [-0.39, 0.29) is 12.5 Å². The van der Waals surface area contributed by atoms with Crippen molar-refractivity contribution in [3.63, 3.8) is 0 Å². The predicted octanol–water partition coefficient (Wildman–Crippen LogP) is 2.39. The van der Waals surface area contributed by atoms with Crippen LogP contribution < -0.4 is 20.7 Å². The first kappa shape index (κ1) is 16.4. The van der Waals surface area contributed by atoms with Crippen LogP contribution in [-0.2, 0) is 4.79 Å². The Bertz CT molecular complexity index is 547. The molecule has 1 aromatic carbocycles. The Kier molecular flexibility index (Phi) is 5.89. The summed E-state index contributed by atoms with van der Waals surface area (Å²) >= 11 is 5.96. The van der Waals surface area contributed by atoms with Crippen molar-refractivity contribution in [2.45, 2.75) is 19.3 Å². The van der Waals surface area contributed by atoms with E-state index in [4.69, 9.17) is 16.3 Å². The van der Waals surface area contributed by atoms with Gasteiger partial charge < -0.3 is 20.7 Å². The van der Waals surface area contributed by atoms with Crippen LogP contribution in [0.5, 0.6) is 5.75 Å². The van der Waals surface area contributed by atoms with Gasteiger partial charge in [0.2, 0.25) is 5.91 Å². The van der Waals surface area contributed by atoms with E-state index >= 15 is 0 Å². The number of hydrogen-bond donors (Lipinski definition) is 3. The first-order valence-corrected chi connectivity index (χ1v) is 7.64. The Hall–Kier alpha value is -1.95. The predicted molar refractivity (Wildman–Crippen MR) is 85.4 cm³/mol. The van der Waals surface area contributed by atoms with Gasteiger partial charge in [-0.15, -0.1) is 0 Å². The zero-order valence-corrected chi connectivity index (χ0v) is 13.2. The van der Waals surface area contributed by atoms with E-state index in [0.717, 1.165) is 0 Å². The molecule has 1 aliphatic carbocycles. The zero-order chi connectivity index (χ0) is 15.9. The van der Waals surface area contributed by atoms with E-state index in [1.165, 1.54) is 26.3 Å². The Balaban J connectivity index is 1.93. The number of anilines is 1. The number of amides is 3. The second-order valence-electron chi connectivity index (χ2n) is 5.23. The molecule has 0 saturated heterocycles. The molecule has 1 fully saturated rings. The number of halogens is 1. The molecule has 1 aliphatic rings. The van der Waals surface area contributed by atoms with E-state index < -0.39 is 6.03 Å². The maximum atomic E-state index is 11.8. The Morgan fingerprint density at radius 2 is 2.14 bits per heavy atom. The maximum absolute atomic E-state index is 11.8. The van der Waals surface area contributed by atoms with Crippen LogP contribution in [0.4, 0.5) is 10.5 Å². The van der Waals surface area contributed by atoms with Gasteiger partial charge in [-0.1, -0.05) is 18.0 Å². The van der Waals surface area contributed by atoms with Gasteiger partial charge in [-0.2, -0.15) is 0 Å². The highest BCUT2D eigenvalue weighted by Crippen LogP contribution is 2.31. The minimum absolute atomic E-state index is 0.0961. The second kappa shape index (κ2) is 7.89. The molecule has 3 N–H and O–H groups in total. The quantitative estimate of drug-likeness (QED) is 0.751. The molecule has 0 radical (unpaired) electrons. The van der Waals surface area contributed by atoms with Gasteiger partial charge in [0.1, 0.15) is 5.75 Å². The van der Waals surface area contributed by atoms with Crippen LogP contribution in [0.3, 0.4) is 0 Å². The highest BCUT2D eigenvalue weighted by atomic mass is 35.5. The number of rotatable bonds is 6. The molecule has 0 spiro atoms. The Morgan fingerprint density at radius 1 is 1.36 bits per heavy atom. The fourth-order valence-corrected chi connectivity index (χ4v) is 2.18. The van der Waals surface area contributed by atoms with Crippen LogP contribution in [-0.4, -0.2) is 32.1 Å². The average Bonchev–Trinajstić information content (AvgIpc) is 2.45. The SMILES string of the molecule is CNC(=O)CNC(=O)Nc1cc(Cl)ccc1OCC1CCC1. The van der Waals surface area contributed by atoms with E-state index in [9.17, 15) is 9.59 Å². The monoisotopic (exact) mass is 325 g/mol. The molecule has 3 amide bonds. The number of urea groups is 1. The lowest BCUT2D eigenvalue weighted by molar-refractivity contribution is -0.119. The highest BCUT2D eigenvalue weighted by Gasteiger charge is 2.19. The molecule has 22 heavy (non-hydrogen) atoms. The molecular weight excluding hydrogens is 306 g/mol. The Morgan fingerprint density at radius 3 is 2.77 bits per heavy atom. The van der Waals surface area contributed by atoms with Gasteiger partial charge in [-0.3, -0.25) is 4.79 Å². The van der Waals surface area contributed by atoms with Crippen molar-refractivity contribution in [3.8, 4) is 5.75 Å². The fraction of sp³-hybridized carbons (Fsp3) is 0.467. The third kappa shape index (κ3) is 4.80. The van der Waals surface area contributed by atoms with E-state index in [1.54, 1.807) is 18.2 Å². The van der Waals surface area contributed by atoms with Crippen molar-refractivity contribution >= 4 is 29.2 Å². The summed E-state index contributed by atoms with van der Waals surface area (Å²) in [6.07, 6.45) is 3.62. The van der Waals surface area contributed by atoms with Crippen LogP contribution in [0, 0.1) is 5.92 Å². The van der Waals surface area contributed by atoms with Crippen molar-refractivity contribution in [3.05, 3.63) is 23.2 Å². The van der Waals surface area contributed by atoms with Gasteiger partial charge in [0.05, 0.1) is 18.8 Å². The molecule has 1 aromatic rings. The lowest BCUT2D eigenvalue weighted by Gasteiger charge is -2.25. The fourth-order valence-electron chi connectivity index (χ4n) is 2.01. The summed E-state index contributed by atoms with van der Waals surface area (Å²) < 4.78 is 5.76. The van der Waals surface area contributed by atoms with Crippen molar-refractivity contribution in [2.75, 3.05) is 25.5 Å². The van der Waals surface area contributed by atoms with Crippen LogP contribution in [0.15, 0.2) is 18.2 Å². The van der Waals surface area contributed by atoms with Crippen molar-refractivity contribution < 1.29 is 14.3 Å². The maximum Gasteiger partial charge on any atom is 0.319 e. The van der Waals surface area contributed by atoms with Crippen LogP contribution >= 0.6 is 11.6 Å². The summed E-state index contributed by atoms with van der Waals surface area (Å²) in [4.78, 5) is 22.9. The normalized spacial score (nSPS) is 13.9. The minimum Gasteiger partial charge on any atom is -0.491 e. The van der Waals surface area contributed by atoms with E-state index in [1.807, 2.05) is 0 Å². The standard InChI is InChI=1S/C15H20ClN3O3/c1-17-14(20)8-18-15(21)19-12-7-11(16)5-6-13(12)22-9-10-3-2-4-10/h5-7,10H,2-4,8-9H2,1H3,(H,17,20)(H2,18,19,21). The summed E-state index contributed by atoms with van der Waals surface area (Å²) in [6, 6.07) is 4.58. The molecule has 0 aromatic heterocycles. The molecule has 0 bridgehead atoms. The molecule has 0 heterocycles. The average molecular weight is 326 g/mol. The van der Waals surface area contributed by atoms with Gasteiger partial charge in [0, 0.05) is 12.1 Å². The smallest absolute Gasteiger partial charge is 0.319 e. The molecule has 6 nitrogen and oxygen atoms in total. The first-order chi connectivity index (χ1) is 10.6. The number of ether oxygens (including phenoxy) is 1. The summed E-state index contributed by atoms with van der Waals surface area (Å²) in [5.74, 6) is 0.889. The van der Waals surface area contributed by atoms with Gasteiger partial charge >= 0.3 is 6.03 Å². The molecule has 0 atom stereocenters. The van der Waals surface area contributed by atoms with Crippen LogP contribution in [0.2, 0.25) is 5.02 Å². The zero-order valence-electron chi connectivity index (χ0n) is 12.4. The number of benzene rings is 1.